The van der Waals surface area contributed by atoms with Crippen LogP contribution >= 0.6 is 23.1 Å². The predicted octanol–water partition coefficient (Wildman–Crippen LogP) is 3.34. The zero-order valence-electron chi connectivity index (χ0n) is 9.44. The third-order valence-electron chi connectivity index (χ3n) is 2.28. The molecule has 0 amide bonds. The smallest absolute Gasteiger partial charge is 0.124 e. The van der Waals surface area contributed by atoms with E-state index in [0.29, 0.717) is 6.54 Å². The molecule has 0 aliphatic heterocycles. The summed E-state index contributed by atoms with van der Waals surface area (Å²) in [5, 5.41) is 1.04. The number of benzene rings is 1. The summed E-state index contributed by atoms with van der Waals surface area (Å²) in [6, 6.07) is 6.60. The lowest BCUT2D eigenvalue weighted by atomic mass is 10.4. The summed E-state index contributed by atoms with van der Waals surface area (Å²) in [5.41, 5.74) is 6.61. The number of nitrogens with zero attached hydrogens (tertiary/aromatic N) is 1. The van der Waals surface area contributed by atoms with Crippen LogP contribution in [-0.2, 0) is 12.3 Å². The molecular formula is C12H13FN2S2. The molecule has 17 heavy (non-hydrogen) atoms. The first-order valence-electron chi connectivity index (χ1n) is 5.22. The molecule has 0 aliphatic carbocycles. The van der Waals surface area contributed by atoms with Gasteiger partial charge in [0.1, 0.15) is 10.8 Å². The Morgan fingerprint density at radius 3 is 2.94 bits per heavy atom. The van der Waals surface area contributed by atoms with Gasteiger partial charge in [0.15, 0.2) is 0 Å². The van der Waals surface area contributed by atoms with E-state index in [9.17, 15) is 4.39 Å². The molecular weight excluding hydrogens is 255 g/mol. The van der Waals surface area contributed by atoms with Crippen molar-refractivity contribution in [1.82, 2.24) is 4.98 Å². The third kappa shape index (κ3) is 3.28. The Morgan fingerprint density at radius 1 is 1.47 bits per heavy atom. The van der Waals surface area contributed by atoms with Crippen molar-refractivity contribution in [2.45, 2.75) is 24.1 Å². The maximum absolute atomic E-state index is 13.0. The highest BCUT2D eigenvalue weighted by Gasteiger charge is 2.06. The van der Waals surface area contributed by atoms with E-state index >= 15 is 0 Å². The summed E-state index contributed by atoms with van der Waals surface area (Å²) in [6.45, 7) is 2.50. The second-order valence-electron chi connectivity index (χ2n) is 3.57. The first kappa shape index (κ1) is 12.5. The van der Waals surface area contributed by atoms with Crippen LogP contribution in [0, 0.1) is 12.7 Å². The summed E-state index contributed by atoms with van der Waals surface area (Å²) in [5.74, 6) is 0.558. The number of rotatable bonds is 4. The minimum Gasteiger partial charge on any atom is -0.326 e. The van der Waals surface area contributed by atoms with Crippen LogP contribution in [-0.4, -0.2) is 4.98 Å². The Labute approximate surface area is 108 Å². The molecule has 1 heterocycles. The molecule has 0 radical (unpaired) electrons. The van der Waals surface area contributed by atoms with E-state index in [1.165, 1.54) is 12.1 Å². The van der Waals surface area contributed by atoms with Gasteiger partial charge in [0, 0.05) is 16.3 Å². The van der Waals surface area contributed by atoms with Gasteiger partial charge in [-0.1, -0.05) is 6.07 Å². The van der Waals surface area contributed by atoms with E-state index in [0.717, 1.165) is 26.2 Å². The fourth-order valence-electron chi connectivity index (χ4n) is 1.44. The first-order chi connectivity index (χ1) is 8.19. The zero-order valence-corrected chi connectivity index (χ0v) is 11.1. The second-order valence-corrected chi connectivity index (χ2v) is 5.78. The van der Waals surface area contributed by atoms with Crippen molar-refractivity contribution in [2.75, 3.05) is 0 Å². The van der Waals surface area contributed by atoms with Gasteiger partial charge >= 0.3 is 0 Å². The average Bonchev–Trinajstić information content (AvgIpc) is 2.67. The molecule has 0 unspecified atom stereocenters. The Hall–Kier alpha value is -0.910. The minimum atomic E-state index is -0.201. The molecule has 0 saturated heterocycles. The lowest BCUT2D eigenvalue weighted by molar-refractivity contribution is 0.624. The van der Waals surface area contributed by atoms with Gasteiger partial charge in [-0.15, -0.1) is 23.1 Å². The first-order valence-corrected chi connectivity index (χ1v) is 7.03. The summed E-state index contributed by atoms with van der Waals surface area (Å²) >= 11 is 3.22. The highest BCUT2D eigenvalue weighted by molar-refractivity contribution is 7.98. The molecule has 2 aromatic rings. The van der Waals surface area contributed by atoms with Gasteiger partial charge in [0.2, 0.25) is 0 Å². The van der Waals surface area contributed by atoms with Crippen molar-refractivity contribution >= 4 is 23.1 Å². The largest absolute Gasteiger partial charge is 0.326 e. The number of hydrogen-bond donors (Lipinski definition) is 1. The Bertz CT molecular complexity index is 511. The summed E-state index contributed by atoms with van der Waals surface area (Å²) in [7, 11) is 0. The van der Waals surface area contributed by atoms with Gasteiger partial charge in [0.05, 0.1) is 11.4 Å². The molecule has 0 aliphatic rings. The number of hydrogen-bond acceptors (Lipinski definition) is 4. The van der Waals surface area contributed by atoms with Crippen molar-refractivity contribution in [3.05, 3.63) is 45.7 Å². The van der Waals surface area contributed by atoms with E-state index in [1.807, 2.05) is 13.0 Å². The number of aromatic nitrogens is 1. The molecule has 0 fully saturated rings. The van der Waals surface area contributed by atoms with Crippen LogP contribution in [0.4, 0.5) is 4.39 Å². The predicted molar refractivity (Wildman–Crippen MR) is 70.7 cm³/mol. The van der Waals surface area contributed by atoms with Crippen LogP contribution in [0.15, 0.2) is 29.2 Å². The van der Waals surface area contributed by atoms with Crippen LogP contribution in [0.3, 0.4) is 0 Å². The van der Waals surface area contributed by atoms with Gasteiger partial charge in [0.25, 0.3) is 0 Å². The molecule has 5 heteroatoms. The normalized spacial score (nSPS) is 10.8. The average molecular weight is 268 g/mol. The molecule has 0 saturated carbocycles. The van der Waals surface area contributed by atoms with Crippen LogP contribution in [0.5, 0.6) is 0 Å². The number of thioether (sulfide) groups is 1. The van der Waals surface area contributed by atoms with Crippen LogP contribution in [0.2, 0.25) is 0 Å². The van der Waals surface area contributed by atoms with Crippen LogP contribution < -0.4 is 5.73 Å². The third-order valence-corrected chi connectivity index (χ3v) is 4.65. The summed E-state index contributed by atoms with van der Waals surface area (Å²) in [4.78, 5) is 6.49. The maximum atomic E-state index is 13.0. The fourth-order valence-corrected chi connectivity index (χ4v) is 3.32. The Kier molecular flexibility index (Phi) is 4.15. The molecule has 2 N–H and O–H groups in total. The monoisotopic (exact) mass is 268 g/mol. The molecule has 0 bridgehead atoms. The van der Waals surface area contributed by atoms with E-state index in [1.54, 1.807) is 29.2 Å². The van der Waals surface area contributed by atoms with Crippen LogP contribution in [0.1, 0.15) is 15.6 Å². The number of thiazole rings is 1. The quantitative estimate of drug-likeness (QED) is 0.864. The van der Waals surface area contributed by atoms with Gasteiger partial charge in [-0.3, -0.25) is 0 Å². The minimum absolute atomic E-state index is 0.201. The highest BCUT2D eigenvalue weighted by atomic mass is 32.2. The maximum Gasteiger partial charge on any atom is 0.124 e. The van der Waals surface area contributed by atoms with E-state index in [2.05, 4.69) is 4.98 Å². The van der Waals surface area contributed by atoms with E-state index < -0.39 is 0 Å². The number of aryl methyl sites for hydroxylation is 1. The van der Waals surface area contributed by atoms with Gasteiger partial charge in [-0.2, -0.15) is 0 Å². The van der Waals surface area contributed by atoms with Crippen molar-refractivity contribution in [2.24, 2.45) is 5.73 Å². The lowest BCUT2D eigenvalue weighted by Gasteiger charge is -1.98. The number of nitrogens with two attached hydrogens (primary N) is 1. The van der Waals surface area contributed by atoms with Gasteiger partial charge in [-0.25, -0.2) is 9.37 Å². The van der Waals surface area contributed by atoms with Gasteiger partial charge in [-0.05, 0) is 25.1 Å². The molecule has 0 spiro atoms. The Morgan fingerprint density at radius 2 is 2.29 bits per heavy atom. The molecule has 90 valence electrons. The summed E-state index contributed by atoms with van der Waals surface area (Å²) < 4.78 is 13.0. The second kappa shape index (κ2) is 5.62. The number of halogens is 1. The standard InChI is InChI=1S/C12H13FN2S2/c1-8-11(6-14)17-12(15-8)7-16-10-4-2-3-9(13)5-10/h2-5H,6-7,14H2,1H3. The molecule has 2 rings (SSSR count). The summed E-state index contributed by atoms with van der Waals surface area (Å²) in [6.07, 6.45) is 0. The zero-order chi connectivity index (χ0) is 12.3. The topological polar surface area (TPSA) is 38.9 Å². The molecule has 1 aromatic heterocycles. The molecule has 0 atom stereocenters. The SMILES string of the molecule is Cc1nc(CSc2cccc(F)c2)sc1CN. The van der Waals surface area contributed by atoms with Crippen LogP contribution in [0.25, 0.3) is 0 Å². The van der Waals surface area contributed by atoms with Crippen molar-refractivity contribution < 1.29 is 4.39 Å². The lowest BCUT2D eigenvalue weighted by Crippen LogP contribution is -1.94. The fraction of sp³-hybridized carbons (Fsp3) is 0.250. The van der Waals surface area contributed by atoms with Crippen molar-refractivity contribution in [3.8, 4) is 0 Å². The molecule has 2 nitrogen and oxygen atoms in total. The molecule has 1 aromatic carbocycles. The Balaban J connectivity index is 2.02. The van der Waals surface area contributed by atoms with Crippen molar-refractivity contribution in [1.29, 1.82) is 0 Å². The van der Waals surface area contributed by atoms with Crippen molar-refractivity contribution in [3.63, 3.8) is 0 Å². The van der Waals surface area contributed by atoms with Gasteiger partial charge < -0.3 is 5.73 Å². The van der Waals surface area contributed by atoms with E-state index in [-0.39, 0.29) is 5.82 Å². The van der Waals surface area contributed by atoms with E-state index in [4.69, 9.17) is 5.73 Å². The highest BCUT2D eigenvalue weighted by Crippen LogP contribution is 2.26.